The normalized spacial score (nSPS) is 11.1. The largest absolute Gasteiger partial charge is 0.495 e. The van der Waals surface area contributed by atoms with Gasteiger partial charge >= 0.3 is 0 Å². The molecule has 0 heterocycles. The highest BCUT2D eigenvalue weighted by Crippen LogP contribution is 2.38. The van der Waals surface area contributed by atoms with Crippen LogP contribution in [0.2, 0.25) is 0 Å². The summed E-state index contributed by atoms with van der Waals surface area (Å²) in [4.78, 5) is 12.6. The highest BCUT2D eigenvalue weighted by Gasteiger charge is 2.13. The van der Waals surface area contributed by atoms with Crippen LogP contribution in [0.4, 0.5) is 10.1 Å². The fraction of sp³-hybridized carbons (Fsp3) is 0.207. The lowest BCUT2D eigenvalue weighted by atomic mass is 10.0. The molecule has 0 aliphatic heterocycles. The number of carbonyl (C=O) groups excluding carboxylic acids is 1. The van der Waals surface area contributed by atoms with Crippen LogP contribution in [0.5, 0.6) is 28.7 Å². The first-order valence-electron chi connectivity index (χ1n) is 11.3. The van der Waals surface area contributed by atoms with Gasteiger partial charge in [-0.2, -0.15) is 0 Å². The van der Waals surface area contributed by atoms with Crippen molar-refractivity contribution in [2.24, 2.45) is 0 Å². The van der Waals surface area contributed by atoms with Gasteiger partial charge in [-0.3, -0.25) is 4.79 Å². The number of hydrogen-bond acceptors (Lipinski definition) is 7. The van der Waals surface area contributed by atoms with E-state index in [2.05, 4.69) is 0 Å². The number of allylic oxidation sites excluding steroid dienone is 2. The first-order valence-corrected chi connectivity index (χ1v) is 11.3. The number of rotatable bonds is 11. The van der Waals surface area contributed by atoms with E-state index in [0.717, 1.165) is 11.1 Å². The van der Waals surface area contributed by atoms with Crippen molar-refractivity contribution in [3.05, 3.63) is 82.7 Å². The maximum Gasteiger partial charge on any atom is 0.203 e. The summed E-state index contributed by atoms with van der Waals surface area (Å²) < 4.78 is 41.0. The Bertz CT molecular complexity index is 1310. The Morgan fingerprint density at radius 3 is 2.03 bits per heavy atom. The average molecular weight is 508 g/mol. The van der Waals surface area contributed by atoms with Gasteiger partial charge in [0, 0.05) is 5.56 Å². The number of halogens is 1. The second kappa shape index (κ2) is 12.5. The van der Waals surface area contributed by atoms with Gasteiger partial charge in [0.1, 0.15) is 5.75 Å². The van der Waals surface area contributed by atoms with E-state index in [1.807, 2.05) is 6.08 Å². The first kappa shape index (κ1) is 27.1. The number of ketones is 1. The van der Waals surface area contributed by atoms with Gasteiger partial charge in [0.05, 0.1) is 41.2 Å². The number of methoxy groups -OCH3 is 5. The molecule has 0 radical (unpaired) electrons. The molecule has 194 valence electrons. The average Bonchev–Trinajstić information content (AvgIpc) is 2.91. The zero-order chi connectivity index (χ0) is 26.9. The molecule has 7 nitrogen and oxygen atoms in total. The second-order valence-electron chi connectivity index (χ2n) is 7.91. The van der Waals surface area contributed by atoms with Crippen molar-refractivity contribution in [2.75, 3.05) is 41.3 Å². The number of carbonyl (C=O) groups is 1. The van der Waals surface area contributed by atoms with Crippen LogP contribution in [-0.4, -0.2) is 41.3 Å². The molecule has 0 aromatic heterocycles. The maximum absolute atomic E-state index is 14.6. The fourth-order valence-corrected chi connectivity index (χ4v) is 3.76. The Balaban J connectivity index is 1.89. The summed E-state index contributed by atoms with van der Waals surface area (Å²) in [5.74, 6) is 1.39. The van der Waals surface area contributed by atoms with Gasteiger partial charge in [-0.25, -0.2) is 4.39 Å². The van der Waals surface area contributed by atoms with Crippen molar-refractivity contribution in [1.82, 2.24) is 0 Å². The van der Waals surface area contributed by atoms with E-state index < -0.39 is 5.82 Å². The quantitative estimate of drug-likeness (QED) is 0.156. The molecule has 3 aromatic carbocycles. The molecule has 0 fully saturated rings. The van der Waals surface area contributed by atoms with Crippen LogP contribution < -0.4 is 29.4 Å². The number of nitrogen functional groups attached to an aromatic ring is 1. The van der Waals surface area contributed by atoms with Gasteiger partial charge < -0.3 is 29.4 Å². The van der Waals surface area contributed by atoms with Gasteiger partial charge in [-0.1, -0.05) is 18.2 Å². The molecule has 0 amide bonds. The minimum Gasteiger partial charge on any atom is -0.495 e. The van der Waals surface area contributed by atoms with E-state index in [1.54, 1.807) is 48.6 Å². The van der Waals surface area contributed by atoms with Crippen molar-refractivity contribution in [3.8, 4) is 28.7 Å². The number of benzene rings is 3. The number of ether oxygens (including phenoxy) is 5. The van der Waals surface area contributed by atoms with Gasteiger partial charge in [-0.05, 0) is 71.7 Å². The minimum atomic E-state index is -0.496. The third-order valence-corrected chi connectivity index (χ3v) is 5.68. The standard InChI is InChI=1S/C29H30FNO6/c1-33-25-12-11-21(16-23(25)31)24(32)8-6-7-19-17-26(34-2)22(30)15-20(19)10-9-18-13-27(35-3)29(37-5)28(14-18)36-4/h6,8-17H,7,31H2,1-5H3/b8-6-,10-9-. The Morgan fingerprint density at radius 1 is 0.811 bits per heavy atom. The van der Waals surface area contributed by atoms with Crippen molar-refractivity contribution < 1.29 is 32.9 Å². The molecule has 37 heavy (non-hydrogen) atoms. The number of nitrogens with two attached hydrogens (primary N) is 1. The van der Waals surface area contributed by atoms with Crippen LogP contribution in [0.3, 0.4) is 0 Å². The van der Waals surface area contributed by atoms with Crippen molar-refractivity contribution in [1.29, 1.82) is 0 Å². The monoisotopic (exact) mass is 507 g/mol. The lowest BCUT2D eigenvalue weighted by molar-refractivity contribution is 0.104. The van der Waals surface area contributed by atoms with Crippen LogP contribution in [0.15, 0.2) is 54.6 Å². The molecule has 0 aliphatic carbocycles. The lowest BCUT2D eigenvalue weighted by Gasteiger charge is -2.13. The third kappa shape index (κ3) is 6.41. The number of anilines is 1. The van der Waals surface area contributed by atoms with Crippen molar-refractivity contribution in [2.45, 2.75) is 6.42 Å². The van der Waals surface area contributed by atoms with Crippen LogP contribution in [0.1, 0.15) is 27.0 Å². The van der Waals surface area contributed by atoms with Gasteiger partial charge in [0.25, 0.3) is 0 Å². The second-order valence-corrected chi connectivity index (χ2v) is 7.91. The first-order chi connectivity index (χ1) is 17.8. The van der Waals surface area contributed by atoms with Gasteiger partial charge in [0.15, 0.2) is 28.8 Å². The van der Waals surface area contributed by atoms with E-state index in [9.17, 15) is 9.18 Å². The molecule has 0 aliphatic rings. The molecule has 0 bridgehead atoms. The molecule has 0 saturated carbocycles. The van der Waals surface area contributed by atoms with Crippen LogP contribution in [0.25, 0.3) is 12.2 Å². The van der Waals surface area contributed by atoms with E-state index >= 15 is 0 Å². The Kier molecular flexibility index (Phi) is 9.16. The molecular formula is C29H30FNO6. The Hall–Kier alpha value is -4.46. The van der Waals surface area contributed by atoms with E-state index in [0.29, 0.717) is 46.2 Å². The predicted molar refractivity (Wildman–Crippen MR) is 143 cm³/mol. The third-order valence-electron chi connectivity index (χ3n) is 5.68. The van der Waals surface area contributed by atoms with Crippen LogP contribution in [-0.2, 0) is 6.42 Å². The van der Waals surface area contributed by atoms with Crippen molar-refractivity contribution in [3.63, 3.8) is 0 Å². The zero-order valence-electron chi connectivity index (χ0n) is 21.5. The van der Waals surface area contributed by atoms with Crippen LogP contribution in [0, 0.1) is 5.82 Å². The van der Waals surface area contributed by atoms with Gasteiger partial charge in [-0.15, -0.1) is 0 Å². The van der Waals surface area contributed by atoms with E-state index in [1.165, 1.54) is 47.7 Å². The molecule has 3 aromatic rings. The zero-order valence-corrected chi connectivity index (χ0v) is 21.5. The molecule has 3 rings (SSSR count). The molecule has 0 saturated heterocycles. The molecule has 0 atom stereocenters. The predicted octanol–water partition coefficient (Wildman–Crippen LogP) is 5.60. The highest BCUT2D eigenvalue weighted by molar-refractivity contribution is 6.05. The van der Waals surface area contributed by atoms with E-state index in [-0.39, 0.29) is 11.5 Å². The summed E-state index contributed by atoms with van der Waals surface area (Å²) in [6.07, 6.45) is 7.13. The minimum absolute atomic E-state index is 0.114. The van der Waals surface area contributed by atoms with Crippen LogP contribution >= 0.6 is 0 Å². The summed E-state index contributed by atoms with van der Waals surface area (Å²) in [5.41, 5.74) is 8.88. The highest BCUT2D eigenvalue weighted by atomic mass is 19.1. The molecular weight excluding hydrogens is 477 g/mol. The summed E-state index contributed by atoms with van der Waals surface area (Å²) in [5, 5.41) is 0. The SMILES string of the molecule is COc1ccc(C(=O)/C=C\Cc2cc(OC)c(F)cc2/C=C\c2cc(OC)c(OC)c(OC)c2)cc1N. The summed E-state index contributed by atoms with van der Waals surface area (Å²) in [6.45, 7) is 0. The molecule has 0 spiro atoms. The van der Waals surface area contributed by atoms with E-state index in [4.69, 9.17) is 29.4 Å². The lowest BCUT2D eigenvalue weighted by Crippen LogP contribution is -1.99. The molecule has 8 heteroatoms. The summed E-state index contributed by atoms with van der Waals surface area (Å²) in [7, 11) is 7.52. The Labute approximate surface area is 215 Å². The molecule has 2 N–H and O–H groups in total. The Morgan fingerprint density at radius 2 is 1.46 bits per heavy atom. The van der Waals surface area contributed by atoms with Crippen molar-refractivity contribution >= 4 is 23.6 Å². The fourth-order valence-electron chi connectivity index (χ4n) is 3.76. The number of hydrogen-bond donors (Lipinski definition) is 1. The van der Waals surface area contributed by atoms with Gasteiger partial charge in [0.2, 0.25) is 5.75 Å². The summed E-state index contributed by atoms with van der Waals surface area (Å²) in [6, 6.07) is 11.4. The summed E-state index contributed by atoms with van der Waals surface area (Å²) >= 11 is 0. The molecule has 0 unspecified atom stereocenters. The smallest absolute Gasteiger partial charge is 0.203 e. The maximum atomic E-state index is 14.6. The topological polar surface area (TPSA) is 89.2 Å².